The molecular formula is C30H25FN6O. The Bertz CT molecular complexity index is 1780. The van der Waals surface area contributed by atoms with Gasteiger partial charge in [-0.3, -0.25) is 15.0 Å². The summed E-state index contributed by atoms with van der Waals surface area (Å²) in [5.74, 6) is -0.594. The Morgan fingerprint density at radius 2 is 1.82 bits per heavy atom. The third-order valence-corrected chi connectivity index (χ3v) is 7.22. The fourth-order valence-electron chi connectivity index (χ4n) is 5.42. The van der Waals surface area contributed by atoms with Gasteiger partial charge in [-0.15, -0.1) is 0 Å². The number of aromatic amines is 2. The number of hydrogen-bond donors (Lipinski definition) is 3. The van der Waals surface area contributed by atoms with Gasteiger partial charge in [0.15, 0.2) is 0 Å². The number of benzene rings is 2. The highest BCUT2D eigenvalue weighted by atomic mass is 19.1. The number of aromatic hydroxyl groups is 1. The number of fused-ring (bicyclic) bond motifs is 2. The van der Waals surface area contributed by atoms with Crippen LogP contribution in [-0.2, 0) is 6.54 Å². The predicted molar refractivity (Wildman–Crippen MR) is 146 cm³/mol. The Morgan fingerprint density at radius 3 is 2.68 bits per heavy atom. The molecule has 0 bridgehead atoms. The van der Waals surface area contributed by atoms with Crippen LogP contribution in [0.2, 0.25) is 0 Å². The van der Waals surface area contributed by atoms with Crippen LogP contribution in [0.5, 0.6) is 5.75 Å². The minimum absolute atomic E-state index is 0.109. The summed E-state index contributed by atoms with van der Waals surface area (Å²) in [5, 5.41) is 18.5. The maximum absolute atomic E-state index is 14.0. The largest absolute Gasteiger partial charge is 0.508 e. The minimum Gasteiger partial charge on any atom is -0.508 e. The van der Waals surface area contributed by atoms with Crippen molar-refractivity contribution in [3.8, 4) is 39.5 Å². The van der Waals surface area contributed by atoms with Gasteiger partial charge in [0.2, 0.25) is 0 Å². The molecule has 0 radical (unpaired) electrons. The van der Waals surface area contributed by atoms with Crippen molar-refractivity contribution < 1.29 is 9.50 Å². The van der Waals surface area contributed by atoms with Crippen molar-refractivity contribution in [2.45, 2.75) is 19.4 Å². The van der Waals surface area contributed by atoms with Crippen LogP contribution in [-0.4, -0.2) is 48.2 Å². The lowest BCUT2D eigenvalue weighted by atomic mass is 10.0. The number of phenols is 1. The molecule has 2 aromatic carbocycles. The molecule has 1 aliphatic rings. The summed E-state index contributed by atoms with van der Waals surface area (Å²) in [5.41, 5.74) is 8.38. The monoisotopic (exact) mass is 504 g/mol. The lowest BCUT2D eigenvalue weighted by Gasteiger charge is -2.14. The van der Waals surface area contributed by atoms with E-state index in [-0.39, 0.29) is 5.75 Å². The van der Waals surface area contributed by atoms with Crippen LogP contribution >= 0.6 is 0 Å². The first-order valence-corrected chi connectivity index (χ1v) is 12.7. The highest BCUT2D eigenvalue weighted by molar-refractivity contribution is 6.00. The number of rotatable bonds is 5. The topological polar surface area (TPSA) is 93.7 Å². The first-order valence-electron chi connectivity index (χ1n) is 12.7. The molecule has 188 valence electrons. The van der Waals surface area contributed by atoms with Crippen LogP contribution in [0.1, 0.15) is 18.4 Å². The lowest BCUT2D eigenvalue weighted by molar-refractivity contribution is 0.331. The summed E-state index contributed by atoms with van der Waals surface area (Å²) in [7, 11) is 0. The molecule has 7 nitrogen and oxygen atoms in total. The van der Waals surface area contributed by atoms with Crippen LogP contribution < -0.4 is 0 Å². The van der Waals surface area contributed by atoms with Gasteiger partial charge in [-0.25, -0.2) is 9.37 Å². The van der Waals surface area contributed by atoms with Crippen molar-refractivity contribution in [3.05, 3.63) is 84.4 Å². The van der Waals surface area contributed by atoms with Gasteiger partial charge in [0, 0.05) is 41.5 Å². The van der Waals surface area contributed by atoms with Crippen LogP contribution in [0.25, 0.3) is 55.7 Å². The number of halogens is 1. The van der Waals surface area contributed by atoms with E-state index in [9.17, 15) is 9.50 Å². The van der Waals surface area contributed by atoms with Crippen LogP contribution in [0.3, 0.4) is 0 Å². The number of nitrogens with zero attached hydrogens (tertiary/aromatic N) is 4. The summed E-state index contributed by atoms with van der Waals surface area (Å²) in [6.45, 7) is 3.18. The van der Waals surface area contributed by atoms with Gasteiger partial charge < -0.3 is 10.1 Å². The summed E-state index contributed by atoms with van der Waals surface area (Å²) in [4.78, 5) is 15.4. The second kappa shape index (κ2) is 9.08. The van der Waals surface area contributed by atoms with E-state index in [0.717, 1.165) is 70.2 Å². The summed E-state index contributed by atoms with van der Waals surface area (Å²) in [6.07, 6.45) is 6.30. The maximum atomic E-state index is 14.0. The Balaban J connectivity index is 1.28. The minimum atomic E-state index is -0.484. The average Bonchev–Trinajstić information content (AvgIpc) is 3.67. The first kappa shape index (κ1) is 22.6. The van der Waals surface area contributed by atoms with E-state index in [1.54, 1.807) is 6.07 Å². The van der Waals surface area contributed by atoms with Gasteiger partial charge in [0.05, 0.1) is 16.9 Å². The van der Waals surface area contributed by atoms with Gasteiger partial charge >= 0.3 is 0 Å². The number of H-pyrrole nitrogens is 2. The summed E-state index contributed by atoms with van der Waals surface area (Å²) < 4.78 is 14.0. The molecule has 0 unspecified atom stereocenters. The van der Waals surface area contributed by atoms with E-state index in [1.807, 2.05) is 48.8 Å². The lowest BCUT2D eigenvalue weighted by Crippen LogP contribution is -2.18. The third kappa shape index (κ3) is 4.09. The van der Waals surface area contributed by atoms with Gasteiger partial charge in [0.1, 0.15) is 22.8 Å². The number of hydrogen-bond acceptors (Lipinski definition) is 5. The molecule has 7 rings (SSSR count). The van der Waals surface area contributed by atoms with E-state index in [2.05, 4.69) is 31.1 Å². The summed E-state index contributed by atoms with van der Waals surface area (Å²) in [6, 6.07) is 18.0. The fraction of sp³-hybridized carbons (Fsp3) is 0.167. The van der Waals surface area contributed by atoms with Crippen molar-refractivity contribution >= 4 is 21.9 Å². The number of pyridine rings is 2. The Kier molecular flexibility index (Phi) is 5.40. The third-order valence-electron chi connectivity index (χ3n) is 7.22. The number of phenolic OH excluding ortho intramolecular Hbond substituents is 1. The molecular weight excluding hydrogens is 479 g/mol. The SMILES string of the molecule is Oc1cc(F)cc(-c2cccc3[nH]c(-c4n[nH]c5ccc(-c6cncc(CN7CCCC7)c6)nc45)cc23)c1. The van der Waals surface area contributed by atoms with E-state index in [1.165, 1.54) is 24.5 Å². The van der Waals surface area contributed by atoms with Crippen molar-refractivity contribution in [2.75, 3.05) is 13.1 Å². The molecule has 6 aromatic rings. The van der Waals surface area contributed by atoms with Gasteiger partial charge in [-0.1, -0.05) is 12.1 Å². The standard InChI is InChI=1S/C30H25FN6O/c31-21-11-19(12-22(38)13-21)23-4-3-5-26-24(23)14-28(33-26)30-29-27(35-36-30)7-6-25(34-29)20-10-18(15-32-16-20)17-37-8-1-2-9-37/h3-7,10-16,33,38H,1-2,8-9,17H2,(H,35,36). The Hall–Kier alpha value is -4.56. The molecule has 8 heteroatoms. The van der Waals surface area contributed by atoms with Crippen LogP contribution in [0.15, 0.2) is 73.1 Å². The van der Waals surface area contributed by atoms with Crippen molar-refractivity contribution in [2.24, 2.45) is 0 Å². The molecule has 0 atom stereocenters. The van der Waals surface area contributed by atoms with Crippen LogP contribution in [0, 0.1) is 5.82 Å². The molecule has 1 saturated heterocycles. The highest BCUT2D eigenvalue weighted by Gasteiger charge is 2.17. The molecule has 0 aliphatic carbocycles. The number of nitrogens with one attached hydrogen (secondary N) is 2. The molecule has 0 spiro atoms. The number of aromatic nitrogens is 5. The van der Waals surface area contributed by atoms with Crippen molar-refractivity contribution in [1.29, 1.82) is 0 Å². The molecule has 0 saturated carbocycles. The fourth-order valence-corrected chi connectivity index (χ4v) is 5.42. The second-order valence-corrected chi connectivity index (χ2v) is 9.88. The van der Waals surface area contributed by atoms with E-state index < -0.39 is 5.82 Å². The summed E-state index contributed by atoms with van der Waals surface area (Å²) >= 11 is 0. The normalized spacial score (nSPS) is 14.1. The molecule has 4 aromatic heterocycles. The number of likely N-dealkylation sites (tertiary alicyclic amines) is 1. The molecule has 1 fully saturated rings. The van der Waals surface area contributed by atoms with Gasteiger partial charge in [0.25, 0.3) is 0 Å². The maximum Gasteiger partial charge on any atom is 0.135 e. The van der Waals surface area contributed by atoms with E-state index in [0.29, 0.717) is 11.3 Å². The van der Waals surface area contributed by atoms with E-state index >= 15 is 0 Å². The quantitative estimate of drug-likeness (QED) is 0.257. The molecule has 3 N–H and O–H groups in total. The van der Waals surface area contributed by atoms with Crippen molar-refractivity contribution in [1.82, 2.24) is 30.0 Å². The zero-order valence-electron chi connectivity index (χ0n) is 20.6. The van der Waals surface area contributed by atoms with Crippen molar-refractivity contribution in [3.63, 3.8) is 0 Å². The highest BCUT2D eigenvalue weighted by Crippen LogP contribution is 2.35. The average molecular weight is 505 g/mol. The molecule has 5 heterocycles. The van der Waals surface area contributed by atoms with Gasteiger partial charge in [-0.05, 0) is 85.1 Å². The zero-order valence-corrected chi connectivity index (χ0v) is 20.6. The predicted octanol–water partition coefficient (Wildman–Crippen LogP) is 6.28. The molecule has 1 aliphatic heterocycles. The smallest absolute Gasteiger partial charge is 0.135 e. The first-order chi connectivity index (χ1) is 18.6. The Labute approximate surface area is 218 Å². The molecule has 38 heavy (non-hydrogen) atoms. The van der Waals surface area contributed by atoms with Gasteiger partial charge in [-0.2, -0.15) is 5.10 Å². The zero-order chi connectivity index (χ0) is 25.6. The van der Waals surface area contributed by atoms with E-state index in [4.69, 9.17) is 4.98 Å². The second-order valence-electron chi connectivity index (χ2n) is 9.88. The molecule has 0 amide bonds. The van der Waals surface area contributed by atoms with Crippen LogP contribution in [0.4, 0.5) is 4.39 Å². The Morgan fingerprint density at radius 1 is 0.921 bits per heavy atom.